The molecule has 56 heavy (non-hydrogen) atoms. The number of nitrogens with one attached hydrogen (secondary N) is 5. The number of amides is 7. The fourth-order valence-corrected chi connectivity index (χ4v) is 6.69. The Labute approximate surface area is 320 Å². The van der Waals surface area contributed by atoms with Gasteiger partial charge in [-0.15, -0.1) is 0 Å². The van der Waals surface area contributed by atoms with Crippen molar-refractivity contribution in [1.29, 1.82) is 0 Å². The lowest BCUT2D eigenvalue weighted by atomic mass is 10.0. The standard InChI is InChI=1S/C41H36N8O7/c42-37(52)29-21-45-31-20-25(14-15-27(31)36(29)47-26-6-2-1-3-7-26)23-10-12-24(13-11-23)38(53)44-19-5-18-43-34(51)22-46-30-9-4-8-28-35(30)41(56)49(40(28)55)32-16-17-33(50)48-39(32)54/h1-4,6-15,20-21,32,46H,5,16-19,22H2,(H2,42,52)(H,43,51)(H,44,53)(H,45,47)(H,48,50,54). The molecule has 7 amide bonds. The fraction of sp³-hybridized carbons (Fsp3) is 0.171. The molecule has 0 bridgehead atoms. The highest BCUT2D eigenvalue weighted by atomic mass is 16.2. The Balaban J connectivity index is 0.885. The van der Waals surface area contributed by atoms with Gasteiger partial charge in [0, 0.05) is 48.0 Å². The van der Waals surface area contributed by atoms with Crippen molar-refractivity contribution < 1.29 is 33.6 Å². The van der Waals surface area contributed by atoms with Gasteiger partial charge in [-0.25, -0.2) is 0 Å². The van der Waals surface area contributed by atoms with Gasteiger partial charge >= 0.3 is 0 Å². The van der Waals surface area contributed by atoms with Crippen LogP contribution in [0.5, 0.6) is 0 Å². The summed E-state index contributed by atoms with van der Waals surface area (Å²) in [5.74, 6) is -3.72. The van der Waals surface area contributed by atoms with E-state index in [1.54, 1.807) is 24.3 Å². The van der Waals surface area contributed by atoms with Crippen LogP contribution >= 0.6 is 0 Å². The van der Waals surface area contributed by atoms with Crippen LogP contribution in [0.15, 0.2) is 97.2 Å². The summed E-state index contributed by atoms with van der Waals surface area (Å²) in [5, 5.41) is 14.7. The van der Waals surface area contributed by atoms with E-state index in [0.717, 1.165) is 27.1 Å². The molecular weight excluding hydrogens is 716 g/mol. The molecular formula is C41H36N8O7. The first kappa shape index (κ1) is 36.9. The normalized spacial score (nSPS) is 14.9. The molecule has 7 rings (SSSR count). The van der Waals surface area contributed by atoms with E-state index in [1.807, 2.05) is 60.7 Å². The number of anilines is 3. The lowest BCUT2D eigenvalue weighted by Crippen LogP contribution is -2.54. The van der Waals surface area contributed by atoms with Crippen LogP contribution in [0.3, 0.4) is 0 Å². The van der Waals surface area contributed by atoms with Crippen molar-refractivity contribution in [3.8, 4) is 11.1 Å². The molecule has 0 saturated carbocycles. The van der Waals surface area contributed by atoms with Gasteiger partial charge in [-0.3, -0.25) is 48.8 Å². The number of imide groups is 2. The lowest BCUT2D eigenvalue weighted by molar-refractivity contribution is -0.136. The molecule has 1 atom stereocenters. The smallest absolute Gasteiger partial charge is 0.264 e. The summed E-state index contributed by atoms with van der Waals surface area (Å²) in [4.78, 5) is 93.2. The number of carbonyl (C=O) groups is 7. The minimum atomic E-state index is -1.09. The number of fused-ring (bicyclic) bond motifs is 2. The van der Waals surface area contributed by atoms with E-state index in [-0.39, 0.29) is 60.1 Å². The summed E-state index contributed by atoms with van der Waals surface area (Å²) in [6.45, 7) is 0.381. The second-order valence-corrected chi connectivity index (χ2v) is 13.2. The first-order chi connectivity index (χ1) is 27.1. The summed E-state index contributed by atoms with van der Waals surface area (Å²) < 4.78 is 0. The number of hydrogen-bond donors (Lipinski definition) is 6. The third kappa shape index (κ3) is 7.64. The molecule has 1 aromatic heterocycles. The average Bonchev–Trinajstić information content (AvgIpc) is 3.46. The Morgan fingerprint density at radius 2 is 1.59 bits per heavy atom. The van der Waals surface area contributed by atoms with Crippen LogP contribution < -0.4 is 32.3 Å². The van der Waals surface area contributed by atoms with Crippen LogP contribution in [-0.4, -0.2) is 76.9 Å². The quantitative estimate of drug-likeness (QED) is 0.0759. The zero-order chi connectivity index (χ0) is 39.3. The second-order valence-electron chi connectivity index (χ2n) is 13.2. The molecule has 1 saturated heterocycles. The summed E-state index contributed by atoms with van der Waals surface area (Å²) in [7, 11) is 0. The molecule has 3 heterocycles. The van der Waals surface area contributed by atoms with Gasteiger partial charge in [0.05, 0.1) is 34.4 Å². The second kappa shape index (κ2) is 15.9. The SMILES string of the molecule is NC(=O)c1cnc2cc(-c3ccc(C(=O)NCCCNC(=O)CNc4cccc5c4C(=O)N(C4CCC(=O)NC4=O)C5=O)cc3)ccc2c1Nc1ccccc1. The van der Waals surface area contributed by atoms with E-state index in [4.69, 9.17) is 5.73 Å². The molecule has 7 N–H and O–H groups in total. The highest BCUT2D eigenvalue weighted by Gasteiger charge is 2.45. The number of pyridine rings is 1. The number of piperidine rings is 1. The number of hydrogen-bond acceptors (Lipinski definition) is 10. The van der Waals surface area contributed by atoms with Crippen LogP contribution in [0.1, 0.15) is 60.7 Å². The predicted octanol–water partition coefficient (Wildman–Crippen LogP) is 3.49. The Kier molecular flexibility index (Phi) is 10.5. The Morgan fingerprint density at radius 3 is 2.34 bits per heavy atom. The van der Waals surface area contributed by atoms with Crippen molar-refractivity contribution >= 4 is 69.3 Å². The van der Waals surface area contributed by atoms with Crippen LogP contribution in [0.25, 0.3) is 22.0 Å². The Morgan fingerprint density at radius 1 is 0.839 bits per heavy atom. The van der Waals surface area contributed by atoms with Gasteiger partial charge in [0.1, 0.15) is 6.04 Å². The number of nitrogens with two attached hydrogens (primary N) is 1. The van der Waals surface area contributed by atoms with Gasteiger partial charge in [0.25, 0.3) is 23.6 Å². The van der Waals surface area contributed by atoms with Gasteiger partial charge < -0.3 is 27.0 Å². The molecule has 0 aliphatic carbocycles. The van der Waals surface area contributed by atoms with Gasteiger partial charge in [-0.2, -0.15) is 0 Å². The molecule has 15 nitrogen and oxygen atoms in total. The van der Waals surface area contributed by atoms with Gasteiger partial charge in [-0.05, 0) is 66.4 Å². The number of benzene rings is 4. The minimum Gasteiger partial charge on any atom is -0.375 e. The van der Waals surface area contributed by atoms with Crippen molar-refractivity contribution in [2.24, 2.45) is 5.73 Å². The van der Waals surface area contributed by atoms with Crippen molar-refractivity contribution in [2.45, 2.75) is 25.3 Å². The number of rotatable bonds is 13. The van der Waals surface area contributed by atoms with E-state index in [2.05, 4.69) is 31.6 Å². The first-order valence-corrected chi connectivity index (χ1v) is 17.9. The number of aromatic nitrogens is 1. The van der Waals surface area contributed by atoms with Crippen LogP contribution in [-0.2, 0) is 14.4 Å². The lowest BCUT2D eigenvalue weighted by Gasteiger charge is -2.27. The Hall–Kier alpha value is -7.42. The number of carbonyl (C=O) groups excluding carboxylic acids is 7. The number of para-hydroxylation sites is 1. The summed E-state index contributed by atoms with van der Waals surface area (Å²) >= 11 is 0. The molecule has 0 radical (unpaired) electrons. The van der Waals surface area contributed by atoms with Crippen molar-refractivity contribution in [2.75, 3.05) is 30.3 Å². The molecule has 1 unspecified atom stereocenters. The molecule has 0 spiro atoms. The van der Waals surface area contributed by atoms with Crippen molar-refractivity contribution in [3.05, 3.63) is 119 Å². The molecule has 282 valence electrons. The summed E-state index contributed by atoms with van der Waals surface area (Å²) in [6.07, 6.45) is 1.96. The zero-order valence-electron chi connectivity index (χ0n) is 29.9. The maximum absolute atomic E-state index is 13.3. The Bertz CT molecular complexity index is 2420. The monoisotopic (exact) mass is 752 g/mol. The van der Waals surface area contributed by atoms with E-state index in [1.165, 1.54) is 12.3 Å². The molecule has 2 aliphatic heterocycles. The highest BCUT2D eigenvalue weighted by molar-refractivity contribution is 6.25. The summed E-state index contributed by atoms with van der Waals surface area (Å²) in [6, 6.07) is 25.8. The van der Waals surface area contributed by atoms with E-state index in [0.29, 0.717) is 29.7 Å². The van der Waals surface area contributed by atoms with Crippen LogP contribution in [0.2, 0.25) is 0 Å². The third-order valence-corrected chi connectivity index (χ3v) is 9.53. The minimum absolute atomic E-state index is 0.0105. The predicted molar refractivity (Wildman–Crippen MR) is 207 cm³/mol. The fourth-order valence-electron chi connectivity index (χ4n) is 6.69. The maximum atomic E-state index is 13.3. The highest BCUT2D eigenvalue weighted by Crippen LogP contribution is 2.34. The largest absolute Gasteiger partial charge is 0.375 e. The molecule has 5 aromatic rings. The van der Waals surface area contributed by atoms with Crippen molar-refractivity contribution in [3.63, 3.8) is 0 Å². The van der Waals surface area contributed by atoms with Gasteiger partial charge in [0.2, 0.25) is 17.7 Å². The van der Waals surface area contributed by atoms with Crippen molar-refractivity contribution in [1.82, 2.24) is 25.8 Å². The van der Waals surface area contributed by atoms with Gasteiger partial charge in [0.15, 0.2) is 0 Å². The number of primary amides is 1. The molecule has 4 aromatic carbocycles. The van der Waals surface area contributed by atoms with Crippen LogP contribution in [0, 0.1) is 0 Å². The van der Waals surface area contributed by atoms with E-state index >= 15 is 0 Å². The van der Waals surface area contributed by atoms with E-state index in [9.17, 15) is 33.6 Å². The van der Waals surface area contributed by atoms with E-state index < -0.39 is 35.6 Å². The maximum Gasteiger partial charge on any atom is 0.264 e. The molecule has 1 fully saturated rings. The number of nitrogens with zero attached hydrogens (tertiary/aromatic N) is 2. The first-order valence-electron chi connectivity index (χ1n) is 17.9. The average molecular weight is 753 g/mol. The van der Waals surface area contributed by atoms with Crippen LogP contribution in [0.4, 0.5) is 17.1 Å². The molecule has 15 heteroatoms. The third-order valence-electron chi connectivity index (χ3n) is 9.53. The summed E-state index contributed by atoms with van der Waals surface area (Å²) in [5.41, 5.74) is 10.6. The zero-order valence-corrected chi connectivity index (χ0v) is 29.9. The topological polar surface area (TPSA) is 222 Å². The van der Waals surface area contributed by atoms with Gasteiger partial charge in [-0.1, -0.05) is 48.5 Å². The molecule has 2 aliphatic rings.